The fourth-order valence-electron chi connectivity index (χ4n) is 2.95. The Labute approximate surface area is 173 Å². The van der Waals surface area contributed by atoms with Gasteiger partial charge in [0.2, 0.25) is 17.6 Å². The minimum Gasteiger partial charge on any atom is -0.486 e. The molecule has 1 aliphatic heterocycles. The van der Waals surface area contributed by atoms with E-state index in [9.17, 15) is 4.79 Å². The third-order valence-electron chi connectivity index (χ3n) is 4.46. The lowest BCUT2D eigenvalue weighted by molar-refractivity contribution is -0.121. The molecule has 4 rings (SSSR count). The van der Waals surface area contributed by atoms with Crippen LogP contribution in [-0.2, 0) is 11.2 Å². The van der Waals surface area contributed by atoms with Crippen molar-refractivity contribution in [2.24, 2.45) is 0 Å². The van der Waals surface area contributed by atoms with Crippen molar-refractivity contribution < 1.29 is 18.8 Å². The average Bonchev–Trinajstić information content (AvgIpc) is 3.21. The number of aromatic nitrogens is 2. The molecular formula is C21H20ClN3O4. The van der Waals surface area contributed by atoms with Gasteiger partial charge >= 0.3 is 0 Å². The SMILES string of the molecule is O=C(CCCc1nc(-c2ccc(Cl)cc2)no1)NCC1COc2ccccc2O1. The number of ether oxygens (including phenoxy) is 2. The Morgan fingerprint density at radius 1 is 1.14 bits per heavy atom. The van der Waals surface area contributed by atoms with Crippen molar-refractivity contribution in [1.29, 1.82) is 0 Å². The summed E-state index contributed by atoms with van der Waals surface area (Å²) in [5.41, 5.74) is 0.832. The molecule has 3 aromatic rings. The van der Waals surface area contributed by atoms with Gasteiger partial charge in [-0.2, -0.15) is 4.98 Å². The van der Waals surface area contributed by atoms with Crippen molar-refractivity contribution in [3.63, 3.8) is 0 Å². The van der Waals surface area contributed by atoms with Gasteiger partial charge in [0.25, 0.3) is 0 Å². The molecule has 1 atom stereocenters. The number of nitrogens with one attached hydrogen (secondary N) is 1. The first-order valence-corrected chi connectivity index (χ1v) is 9.79. The molecule has 150 valence electrons. The first-order chi connectivity index (χ1) is 14.2. The zero-order valence-corrected chi connectivity index (χ0v) is 16.4. The van der Waals surface area contributed by atoms with Gasteiger partial charge in [-0.3, -0.25) is 4.79 Å². The van der Waals surface area contributed by atoms with Gasteiger partial charge in [-0.15, -0.1) is 0 Å². The predicted octanol–water partition coefficient (Wildman–Crippen LogP) is 3.67. The number of benzene rings is 2. The van der Waals surface area contributed by atoms with Crippen LogP contribution in [0.2, 0.25) is 5.02 Å². The van der Waals surface area contributed by atoms with E-state index >= 15 is 0 Å². The van der Waals surface area contributed by atoms with E-state index in [2.05, 4.69) is 15.5 Å². The molecule has 1 aliphatic rings. The molecule has 0 saturated heterocycles. The fourth-order valence-corrected chi connectivity index (χ4v) is 3.08. The lowest BCUT2D eigenvalue weighted by atomic mass is 10.2. The topological polar surface area (TPSA) is 86.5 Å². The summed E-state index contributed by atoms with van der Waals surface area (Å²) in [7, 11) is 0. The number of fused-ring (bicyclic) bond motifs is 1. The molecule has 2 heterocycles. The summed E-state index contributed by atoms with van der Waals surface area (Å²) in [6.07, 6.45) is 1.30. The summed E-state index contributed by atoms with van der Waals surface area (Å²) in [6, 6.07) is 14.7. The number of amides is 1. The third kappa shape index (κ3) is 5.06. The number of rotatable bonds is 7. The van der Waals surface area contributed by atoms with Crippen molar-refractivity contribution in [2.75, 3.05) is 13.2 Å². The number of carbonyl (C=O) groups excluding carboxylic acids is 1. The lowest BCUT2D eigenvalue weighted by Crippen LogP contribution is -2.40. The molecule has 0 spiro atoms. The molecule has 1 N–H and O–H groups in total. The highest BCUT2D eigenvalue weighted by Gasteiger charge is 2.21. The first kappa shape index (κ1) is 19.3. The summed E-state index contributed by atoms with van der Waals surface area (Å²) in [5.74, 6) is 2.39. The molecule has 0 aliphatic carbocycles. The highest BCUT2D eigenvalue weighted by Crippen LogP contribution is 2.30. The first-order valence-electron chi connectivity index (χ1n) is 9.41. The summed E-state index contributed by atoms with van der Waals surface area (Å²) in [4.78, 5) is 16.5. The van der Waals surface area contributed by atoms with Crippen LogP contribution in [0.4, 0.5) is 0 Å². The number of hydrogen-bond acceptors (Lipinski definition) is 6. The van der Waals surface area contributed by atoms with Crippen LogP contribution < -0.4 is 14.8 Å². The Kier molecular flexibility index (Phi) is 5.95. The molecule has 1 aromatic heterocycles. The van der Waals surface area contributed by atoms with Crippen LogP contribution in [0.25, 0.3) is 11.4 Å². The van der Waals surface area contributed by atoms with E-state index in [0.29, 0.717) is 54.9 Å². The lowest BCUT2D eigenvalue weighted by Gasteiger charge is -2.26. The van der Waals surface area contributed by atoms with Crippen LogP contribution >= 0.6 is 11.6 Å². The number of halogens is 1. The van der Waals surface area contributed by atoms with E-state index in [1.807, 2.05) is 36.4 Å². The van der Waals surface area contributed by atoms with Crippen molar-refractivity contribution in [2.45, 2.75) is 25.4 Å². The largest absolute Gasteiger partial charge is 0.486 e. The Morgan fingerprint density at radius 2 is 1.93 bits per heavy atom. The van der Waals surface area contributed by atoms with Gasteiger partial charge in [-0.05, 0) is 42.8 Å². The molecule has 7 nitrogen and oxygen atoms in total. The Balaban J connectivity index is 1.18. The van der Waals surface area contributed by atoms with E-state index in [1.165, 1.54) is 0 Å². The number of para-hydroxylation sites is 2. The average molecular weight is 414 g/mol. The smallest absolute Gasteiger partial charge is 0.226 e. The number of aryl methyl sites for hydroxylation is 1. The molecule has 0 fully saturated rings. The van der Waals surface area contributed by atoms with Gasteiger partial charge in [0.1, 0.15) is 12.7 Å². The van der Waals surface area contributed by atoms with Crippen LogP contribution in [0.3, 0.4) is 0 Å². The van der Waals surface area contributed by atoms with Gasteiger partial charge in [-0.1, -0.05) is 28.9 Å². The minimum atomic E-state index is -0.202. The molecular weight excluding hydrogens is 394 g/mol. The van der Waals surface area contributed by atoms with Gasteiger partial charge < -0.3 is 19.3 Å². The Morgan fingerprint density at radius 3 is 2.76 bits per heavy atom. The highest BCUT2D eigenvalue weighted by molar-refractivity contribution is 6.30. The van der Waals surface area contributed by atoms with Crippen LogP contribution in [0.15, 0.2) is 53.1 Å². The fraction of sp³-hybridized carbons (Fsp3) is 0.286. The summed E-state index contributed by atoms with van der Waals surface area (Å²) >= 11 is 5.88. The maximum Gasteiger partial charge on any atom is 0.226 e. The van der Waals surface area contributed by atoms with E-state index < -0.39 is 0 Å². The molecule has 1 amide bonds. The molecule has 1 unspecified atom stereocenters. The molecule has 0 radical (unpaired) electrons. The summed E-state index contributed by atoms with van der Waals surface area (Å²) in [5, 5.41) is 7.50. The Bertz CT molecular complexity index is 974. The second kappa shape index (κ2) is 8.96. The standard InChI is InChI=1S/C21H20ClN3O4/c22-15-10-8-14(9-11-15)21-24-20(29-25-21)7-3-6-19(26)23-12-16-13-27-17-4-1-2-5-18(17)28-16/h1-2,4-5,8-11,16H,3,6-7,12-13H2,(H,23,26). The van der Waals surface area contributed by atoms with Crippen molar-refractivity contribution in [1.82, 2.24) is 15.5 Å². The monoisotopic (exact) mass is 413 g/mol. The third-order valence-corrected chi connectivity index (χ3v) is 4.71. The maximum atomic E-state index is 12.1. The van der Waals surface area contributed by atoms with E-state index in [-0.39, 0.29) is 12.0 Å². The zero-order valence-electron chi connectivity index (χ0n) is 15.6. The second-order valence-electron chi connectivity index (χ2n) is 6.67. The van der Waals surface area contributed by atoms with Crippen LogP contribution in [0.1, 0.15) is 18.7 Å². The second-order valence-corrected chi connectivity index (χ2v) is 7.11. The van der Waals surface area contributed by atoms with Gasteiger partial charge in [0, 0.05) is 23.4 Å². The maximum absolute atomic E-state index is 12.1. The van der Waals surface area contributed by atoms with Gasteiger partial charge in [0.15, 0.2) is 11.5 Å². The zero-order chi connectivity index (χ0) is 20.1. The molecule has 8 heteroatoms. The van der Waals surface area contributed by atoms with Crippen molar-refractivity contribution in [3.05, 3.63) is 59.4 Å². The van der Waals surface area contributed by atoms with Crippen molar-refractivity contribution in [3.8, 4) is 22.9 Å². The van der Waals surface area contributed by atoms with E-state index in [1.54, 1.807) is 12.1 Å². The van der Waals surface area contributed by atoms with Crippen LogP contribution in [0, 0.1) is 0 Å². The molecule has 0 saturated carbocycles. The summed E-state index contributed by atoms with van der Waals surface area (Å²) < 4.78 is 16.7. The molecule has 2 aromatic carbocycles. The molecule has 0 bridgehead atoms. The normalized spacial score (nSPS) is 15.1. The minimum absolute atomic E-state index is 0.0510. The van der Waals surface area contributed by atoms with Gasteiger partial charge in [-0.25, -0.2) is 0 Å². The number of nitrogens with zero attached hydrogens (tertiary/aromatic N) is 2. The van der Waals surface area contributed by atoms with E-state index in [0.717, 1.165) is 11.3 Å². The number of hydrogen-bond donors (Lipinski definition) is 1. The molecule has 29 heavy (non-hydrogen) atoms. The van der Waals surface area contributed by atoms with Crippen LogP contribution in [0.5, 0.6) is 11.5 Å². The predicted molar refractivity (Wildman–Crippen MR) is 107 cm³/mol. The highest BCUT2D eigenvalue weighted by atomic mass is 35.5. The summed E-state index contributed by atoms with van der Waals surface area (Å²) in [6.45, 7) is 0.807. The van der Waals surface area contributed by atoms with Crippen molar-refractivity contribution >= 4 is 17.5 Å². The quantitative estimate of drug-likeness (QED) is 0.636. The van der Waals surface area contributed by atoms with E-state index in [4.69, 9.17) is 25.6 Å². The Hall–Kier alpha value is -3.06. The number of carbonyl (C=O) groups is 1. The van der Waals surface area contributed by atoms with Gasteiger partial charge in [0.05, 0.1) is 6.54 Å². The van der Waals surface area contributed by atoms with Crippen LogP contribution in [-0.4, -0.2) is 35.3 Å².